The summed E-state index contributed by atoms with van der Waals surface area (Å²) in [5, 5.41) is 3.46. The predicted octanol–water partition coefficient (Wildman–Crippen LogP) is 2.13. The van der Waals surface area contributed by atoms with E-state index in [4.69, 9.17) is 10.3 Å². The summed E-state index contributed by atoms with van der Waals surface area (Å²) < 4.78 is 58.3. The van der Waals surface area contributed by atoms with Crippen LogP contribution in [0.5, 0.6) is 0 Å². The van der Waals surface area contributed by atoms with E-state index in [9.17, 15) is 17.6 Å². The zero-order valence-corrected chi connectivity index (χ0v) is 10.5. The molecular weight excluding hydrogens is 296 g/mol. The van der Waals surface area contributed by atoms with E-state index >= 15 is 0 Å². The molecule has 2 heterocycles. The number of pyridine rings is 1. The number of alkyl halides is 4. The monoisotopic (exact) mass is 306 g/mol. The van der Waals surface area contributed by atoms with Crippen LogP contribution in [0.1, 0.15) is 5.82 Å². The quantitative estimate of drug-likeness (QED) is 0.823. The Morgan fingerprint density at radius 2 is 2.05 bits per heavy atom. The van der Waals surface area contributed by atoms with Gasteiger partial charge in [0.25, 0.3) is 5.89 Å². The highest BCUT2D eigenvalue weighted by Crippen LogP contribution is 2.23. The zero-order valence-electron chi connectivity index (χ0n) is 10.5. The molecule has 114 valence electrons. The molecular formula is C11H10F4N4O2. The zero-order chi connectivity index (χ0) is 15.5. The third-order valence-electron chi connectivity index (χ3n) is 2.30. The predicted molar refractivity (Wildman–Crippen MR) is 62.5 cm³/mol. The van der Waals surface area contributed by atoms with Gasteiger partial charge in [0.1, 0.15) is 24.7 Å². The number of hydrogen-bond donors (Lipinski definition) is 1. The van der Waals surface area contributed by atoms with Crippen LogP contribution in [0.3, 0.4) is 0 Å². The summed E-state index contributed by atoms with van der Waals surface area (Å²) in [5.41, 5.74) is 5.78. The first-order valence-electron chi connectivity index (χ1n) is 5.67. The number of nitrogen functional groups attached to an aromatic ring is 1. The van der Waals surface area contributed by atoms with Crippen molar-refractivity contribution in [3.05, 3.63) is 24.0 Å². The summed E-state index contributed by atoms with van der Waals surface area (Å²) >= 11 is 0. The summed E-state index contributed by atoms with van der Waals surface area (Å²) in [6.45, 7) is -1.93. The van der Waals surface area contributed by atoms with Crippen LogP contribution in [0.15, 0.2) is 22.7 Å². The van der Waals surface area contributed by atoms with Gasteiger partial charge >= 0.3 is 12.3 Å². The lowest BCUT2D eigenvalue weighted by Crippen LogP contribution is -2.32. The second kappa shape index (κ2) is 6.04. The summed E-state index contributed by atoms with van der Waals surface area (Å²) in [6, 6.07) is 4.72. The number of anilines is 1. The Kier molecular flexibility index (Phi) is 4.36. The van der Waals surface area contributed by atoms with E-state index in [1.54, 1.807) is 18.2 Å². The number of halogens is 4. The fourth-order valence-electron chi connectivity index (χ4n) is 1.33. The molecule has 0 saturated carbocycles. The van der Waals surface area contributed by atoms with Crippen LogP contribution < -0.4 is 5.73 Å². The lowest BCUT2D eigenvalue weighted by molar-refractivity contribution is -0.168. The van der Waals surface area contributed by atoms with Gasteiger partial charge in [0.05, 0.1) is 0 Å². The first-order chi connectivity index (χ1) is 9.88. The molecule has 21 heavy (non-hydrogen) atoms. The maximum Gasteiger partial charge on any atom is 0.330 e. The fourth-order valence-corrected chi connectivity index (χ4v) is 1.33. The van der Waals surface area contributed by atoms with Gasteiger partial charge in [-0.3, -0.25) is 0 Å². The highest BCUT2D eigenvalue weighted by Gasteiger charge is 2.41. The molecule has 0 atom stereocenters. The highest BCUT2D eigenvalue weighted by atomic mass is 19.3. The molecule has 2 N–H and O–H groups in total. The van der Waals surface area contributed by atoms with Crippen LogP contribution in [-0.4, -0.2) is 34.1 Å². The number of nitrogens with two attached hydrogens (primary N) is 1. The molecule has 2 rings (SSSR count). The van der Waals surface area contributed by atoms with E-state index in [2.05, 4.69) is 19.9 Å². The molecule has 0 amide bonds. The van der Waals surface area contributed by atoms with Crippen LogP contribution in [0.2, 0.25) is 0 Å². The molecule has 10 heteroatoms. The van der Waals surface area contributed by atoms with Crippen LogP contribution >= 0.6 is 0 Å². The van der Waals surface area contributed by atoms with Gasteiger partial charge in [-0.2, -0.15) is 13.8 Å². The van der Waals surface area contributed by atoms with E-state index in [-0.39, 0.29) is 17.5 Å². The average molecular weight is 306 g/mol. The van der Waals surface area contributed by atoms with Gasteiger partial charge in [0.15, 0.2) is 5.82 Å². The van der Waals surface area contributed by atoms with Gasteiger partial charge < -0.3 is 15.0 Å². The van der Waals surface area contributed by atoms with Crippen molar-refractivity contribution in [2.45, 2.75) is 19.0 Å². The van der Waals surface area contributed by atoms with Crippen molar-refractivity contribution < 1.29 is 26.8 Å². The smallest absolute Gasteiger partial charge is 0.330 e. The van der Waals surface area contributed by atoms with E-state index < -0.39 is 25.6 Å². The van der Waals surface area contributed by atoms with Crippen molar-refractivity contribution in [3.8, 4) is 11.6 Å². The number of ether oxygens (including phenoxy) is 1. The minimum absolute atomic E-state index is 0.0153. The molecule has 0 fully saturated rings. The summed E-state index contributed by atoms with van der Waals surface area (Å²) in [4.78, 5) is 7.75. The van der Waals surface area contributed by atoms with Gasteiger partial charge in [-0.15, -0.1) is 0 Å². The first kappa shape index (κ1) is 15.2. The Morgan fingerprint density at radius 3 is 2.71 bits per heavy atom. The maximum atomic E-state index is 12.6. The number of nitrogens with zero attached hydrogens (tertiary/aromatic N) is 3. The van der Waals surface area contributed by atoms with Crippen molar-refractivity contribution in [1.29, 1.82) is 0 Å². The molecule has 0 saturated heterocycles. The van der Waals surface area contributed by atoms with Crippen LogP contribution in [0.4, 0.5) is 23.4 Å². The fraction of sp³-hybridized carbons (Fsp3) is 0.364. The topological polar surface area (TPSA) is 87.1 Å². The molecule has 2 aromatic heterocycles. The lowest BCUT2D eigenvalue weighted by Gasteiger charge is -2.14. The molecule has 0 bridgehead atoms. The van der Waals surface area contributed by atoms with Crippen molar-refractivity contribution in [2.24, 2.45) is 0 Å². The van der Waals surface area contributed by atoms with Crippen molar-refractivity contribution >= 4 is 5.82 Å². The second-order valence-corrected chi connectivity index (χ2v) is 4.02. The number of hydrogen-bond acceptors (Lipinski definition) is 6. The molecule has 0 aliphatic heterocycles. The van der Waals surface area contributed by atoms with Gasteiger partial charge in [0, 0.05) is 0 Å². The largest absolute Gasteiger partial charge is 0.384 e. The standard InChI is InChI=1S/C11H10F4N4O2/c12-10(13)11(14,15)5-20-4-8-18-9(21-19-8)6-2-1-3-7(16)17-6/h1-3,10H,4-5H2,(H2,16,17). The van der Waals surface area contributed by atoms with Gasteiger partial charge in [-0.25, -0.2) is 13.8 Å². The Balaban J connectivity index is 1.95. The van der Waals surface area contributed by atoms with E-state index in [1.807, 2.05) is 0 Å². The third-order valence-corrected chi connectivity index (χ3v) is 2.30. The van der Waals surface area contributed by atoms with E-state index in [0.717, 1.165) is 0 Å². The van der Waals surface area contributed by atoms with Crippen LogP contribution in [0.25, 0.3) is 11.6 Å². The van der Waals surface area contributed by atoms with Crippen molar-refractivity contribution in [3.63, 3.8) is 0 Å². The minimum atomic E-state index is -4.22. The first-order valence-corrected chi connectivity index (χ1v) is 5.67. The lowest BCUT2D eigenvalue weighted by atomic mass is 10.3. The molecule has 0 aliphatic carbocycles. The van der Waals surface area contributed by atoms with E-state index in [0.29, 0.717) is 5.69 Å². The molecule has 0 spiro atoms. The summed E-state index contributed by atoms with van der Waals surface area (Å²) in [6.07, 6.45) is -3.80. The van der Waals surface area contributed by atoms with Crippen LogP contribution in [-0.2, 0) is 11.3 Å². The Bertz CT molecular complexity index is 605. The van der Waals surface area contributed by atoms with Gasteiger partial charge in [-0.1, -0.05) is 11.2 Å². The molecule has 0 aliphatic rings. The normalized spacial score (nSPS) is 12.0. The summed E-state index contributed by atoms with van der Waals surface area (Å²) in [7, 11) is 0. The number of aromatic nitrogens is 3. The molecule has 6 nitrogen and oxygen atoms in total. The average Bonchev–Trinajstić information content (AvgIpc) is 2.87. The molecule has 2 aromatic rings. The van der Waals surface area contributed by atoms with E-state index in [1.165, 1.54) is 0 Å². The van der Waals surface area contributed by atoms with Crippen LogP contribution in [0, 0.1) is 0 Å². The van der Waals surface area contributed by atoms with Crippen molar-refractivity contribution in [2.75, 3.05) is 12.3 Å². The molecule has 0 radical (unpaired) electrons. The van der Waals surface area contributed by atoms with Crippen molar-refractivity contribution in [1.82, 2.24) is 15.1 Å². The summed E-state index contributed by atoms with van der Waals surface area (Å²) in [5.74, 6) is -4.04. The Hall–Kier alpha value is -2.23. The SMILES string of the molecule is Nc1cccc(-c2nc(COCC(F)(F)C(F)F)no2)n1. The third kappa shape index (κ3) is 3.88. The van der Waals surface area contributed by atoms with Gasteiger partial charge in [0.2, 0.25) is 0 Å². The second-order valence-electron chi connectivity index (χ2n) is 4.02. The molecule has 0 aromatic carbocycles. The minimum Gasteiger partial charge on any atom is -0.384 e. The Labute approximate surface area is 115 Å². The Morgan fingerprint density at radius 1 is 1.29 bits per heavy atom. The van der Waals surface area contributed by atoms with Gasteiger partial charge in [-0.05, 0) is 12.1 Å². The maximum absolute atomic E-state index is 12.6. The molecule has 0 unspecified atom stereocenters. The number of rotatable bonds is 6. The highest BCUT2D eigenvalue weighted by molar-refractivity contribution is 5.49.